The first kappa shape index (κ1) is 25.3. The summed E-state index contributed by atoms with van der Waals surface area (Å²) in [6.45, 7) is 0.344. The Morgan fingerprint density at radius 2 is 2.17 bits per heavy atom. The summed E-state index contributed by atoms with van der Waals surface area (Å²) in [5, 5.41) is 24.4. The maximum absolute atomic E-state index is 12.9. The van der Waals surface area contributed by atoms with Crippen molar-refractivity contribution in [3.05, 3.63) is 22.1 Å². The van der Waals surface area contributed by atoms with E-state index in [4.69, 9.17) is 15.3 Å². The van der Waals surface area contributed by atoms with E-state index < -0.39 is 29.2 Å². The Morgan fingerprint density at radius 3 is 2.83 bits per heavy atom. The van der Waals surface area contributed by atoms with Crippen molar-refractivity contribution in [1.29, 1.82) is 0 Å². The number of β-lactam (4-membered cyclic amide) rings is 1. The van der Waals surface area contributed by atoms with Gasteiger partial charge in [0.05, 0.1) is 6.61 Å². The molecule has 35 heavy (non-hydrogen) atoms. The minimum atomic E-state index is -1.22. The van der Waals surface area contributed by atoms with Gasteiger partial charge in [0.25, 0.3) is 11.8 Å². The monoisotopic (exact) mass is 558 g/mol. The summed E-state index contributed by atoms with van der Waals surface area (Å²) in [7, 11) is 2.81. The predicted octanol–water partition coefficient (Wildman–Crippen LogP) is -0.000400. The Hall–Kier alpha value is -2.80. The highest BCUT2D eigenvalue weighted by Gasteiger charge is 2.54. The molecule has 18 heteroatoms. The second-order valence-corrected chi connectivity index (χ2v) is 11.1. The van der Waals surface area contributed by atoms with E-state index in [1.54, 1.807) is 7.11 Å². The molecule has 1 unspecified atom stereocenters. The highest BCUT2D eigenvalue weighted by Crippen LogP contribution is 2.41. The van der Waals surface area contributed by atoms with E-state index in [0.29, 0.717) is 33.0 Å². The van der Waals surface area contributed by atoms with Crippen LogP contribution in [0.5, 0.6) is 0 Å². The fourth-order valence-corrected chi connectivity index (χ4v) is 7.03. The number of anilines is 1. The maximum atomic E-state index is 12.9. The molecule has 2 aliphatic rings. The minimum absolute atomic E-state index is 0.0393. The molecular weight excluding hydrogens is 541 g/mol. The minimum Gasteiger partial charge on any atom is -0.477 e. The number of fused-ring (bicyclic) bond motifs is 1. The number of nitrogens with two attached hydrogens (primary N) is 1. The highest BCUT2D eigenvalue weighted by atomic mass is 32.2. The average Bonchev–Trinajstić information content (AvgIpc) is 3.47. The molecule has 4 rings (SSSR count). The van der Waals surface area contributed by atoms with Crippen LogP contribution < -0.4 is 11.1 Å². The number of nitrogens with one attached hydrogen (secondary N) is 1. The third-order valence-electron chi connectivity index (χ3n) is 4.67. The van der Waals surface area contributed by atoms with Crippen LogP contribution in [0.1, 0.15) is 10.8 Å². The summed E-state index contributed by atoms with van der Waals surface area (Å²) in [5.74, 6) is -1.86. The molecule has 186 valence electrons. The lowest BCUT2D eigenvalue weighted by molar-refractivity contribution is -0.150. The van der Waals surface area contributed by atoms with Crippen molar-refractivity contribution in [2.24, 2.45) is 5.16 Å². The Kier molecular flexibility index (Phi) is 7.85. The lowest BCUT2D eigenvalue weighted by Crippen LogP contribution is -2.71. The number of hydrogen-bond acceptors (Lipinski definition) is 15. The van der Waals surface area contributed by atoms with Gasteiger partial charge in [-0.05, 0) is 5.57 Å². The molecule has 4 N–H and O–H groups in total. The first-order valence-electron chi connectivity index (χ1n) is 9.69. The Labute approximate surface area is 214 Å². The second kappa shape index (κ2) is 10.9. The number of amides is 2. The molecule has 2 atom stereocenters. The number of hydrogen-bond donors (Lipinski definition) is 3. The summed E-state index contributed by atoms with van der Waals surface area (Å²) in [6.07, 6.45) is 0. The van der Waals surface area contributed by atoms with E-state index in [9.17, 15) is 19.5 Å². The molecule has 0 saturated carbocycles. The molecule has 2 aliphatic heterocycles. The van der Waals surface area contributed by atoms with Crippen LogP contribution >= 0.6 is 46.4 Å². The summed E-state index contributed by atoms with van der Waals surface area (Å²) >= 11 is 4.93. The van der Waals surface area contributed by atoms with Crippen LogP contribution in [0, 0.1) is 0 Å². The van der Waals surface area contributed by atoms with Gasteiger partial charge in [0.1, 0.15) is 29.2 Å². The number of carboxylic acid groups (broad SMARTS) is 1. The number of carbonyl (C=O) groups is 3. The predicted molar refractivity (Wildman–Crippen MR) is 129 cm³/mol. The van der Waals surface area contributed by atoms with Gasteiger partial charge >= 0.3 is 5.97 Å². The van der Waals surface area contributed by atoms with Gasteiger partial charge in [0.15, 0.2) is 9.47 Å². The van der Waals surface area contributed by atoms with Gasteiger partial charge in [-0.15, -0.1) is 22.0 Å². The van der Waals surface area contributed by atoms with Crippen LogP contribution in [0.15, 0.2) is 20.8 Å². The molecule has 0 radical (unpaired) electrons. The first-order valence-corrected chi connectivity index (χ1v) is 13.3. The Morgan fingerprint density at radius 1 is 1.37 bits per heavy atom. The lowest BCUT2D eigenvalue weighted by Gasteiger charge is -2.49. The number of carboxylic acids is 1. The molecule has 0 aromatic carbocycles. The number of aliphatic carboxylic acids is 1. The fraction of sp³-hybridized carbons (Fsp3) is 0.412. The summed E-state index contributed by atoms with van der Waals surface area (Å²) < 4.78 is 9.64. The lowest BCUT2D eigenvalue weighted by atomic mass is 10.0. The van der Waals surface area contributed by atoms with Gasteiger partial charge in [-0.25, -0.2) is 4.79 Å². The topological polar surface area (TPSA) is 195 Å². The van der Waals surface area contributed by atoms with E-state index in [0.717, 1.165) is 11.5 Å². The van der Waals surface area contributed by atoms with Crippen LogP contribution in [0.4, 0.5) is 5.13 Å². The van der Waals surface area contributed by atoms with Crippen molar-refractivity contribution in [3.63, 3.8) is 0 Å². The van der Waals surface area contributed by atoms with Crippen molar-refractivity contribution in [1.82, 2.24) is 29.8 Å². The molecule has 1 fully saturated rings. The SMILES string of the molecule is COCc1nnc(SCC2=C(C(=O)O)N3C(=O)C(NC(=O)C(=NOC)c4nsc(N)n4)[C@@H]3SC2)s1. The zero-order chi connectivity index (χ0) is 25.1. The van der Waals surface area contributed by atoms with E-state index in [1.807, 2.05) is 0 Å². The van der Waals surface area contributed by atoms with Gasteiger partial charge in [-0.2, -0.15) is 9.36 Å². The number of thioether (sulfide) groups is 2. The molecule has 2 aromatic heterocycles. The van der Waals surface area contributed by atoms with Gasteiger partial charge in [-0.3, -0.25) is 14.5 Å². The van der Waals surface area contributed by atoms with E-state index in [-0.39, 0.29) is 22.4 Å². The number of nitrogen functional groups attached to an aromatic ring is 1. The molecule has 14 nitrogen and oxygen atoms in total. The van der Waals surface area contributed by atoms with Gasteiger partial charge in [0.2, 0.25) is 11.5 Å². The largest absolute Gasteiger partial charge is 0.477 e. The van der Waals surface area contributed by atoms with Crippen molar-refractivity contribution in [3.8, 4) is 0 Å². The van der Waals surface area contributed by atoms with Crippen molar-refractivity contribution in [2.45, 2.75) is 22.4 Å². The highest BCUT2D eigenvalue weighted by molar-refractivity contribution is 8.01. The van der Waals surface area contributed by atoms with Gasteiger partial charge in [0, 0.05) is 30.1 Å². The number of aromatic nitrogens is 4. The average molecular weight is 559 g/mol. The fourth-order valence-electron chi connectivity index (χ4n) is 3.24. The number of rotatable bonds is 10. The molecule has 0 aliphatic carbocycles. The maximum Gasteiger partial charge on any atom is 0.352 e. The van der Waals surface area contributed by atoms with Crippen LogP contribution in [0.3, 0.4) is 0 Å². The smallest absolute Gasteiger partial charge is 0.352 e. The van der Waals surface area contributed by atoms with Crippen LogP contribution in [-0.2, 0) is 30.6 Å². The van der Waals surface area contributed by atoms with E-state index in [2.05, 4.69) is 30.0 Å². The molecule has 4 heterocycles. The molecular formula is C17H18N8O6S4. The summed E-state index contributed by atoms with van der Waals surface area (Å²) in [5.41, 5.74) is 5.82. The summed E-state index contributed by atoms with van der Waals surface area (Å²) in [6, 6.07) is -0.950. The Balaban J connectivity index is 1.46. The van der Waals surface area contributed by atoms with Crippen LogP contribution in [-0.4, -0.2) is 90.2 Å². The van der Waals surface area contributed by atoms with Crippen LogP contribution in [0.25, 0.3) is 0 Å². The number of methoxy groups -OCH3 is 1. The van der Waals surface area contributed by atoms with Crippen molar-refractivity contribution in [2.75, 3.05) is 31.5 Å². The molecule has 0 spiro atoms. The molecule has 0 bridgehead atoms. The zero-order valence-corrected chi connectivity index (χ0v) is 21.4. The van der Waals surface area contributed by atoms with Crippen LogP contribution in [0.2, 0.25) is 0 Å². The first-order chi connectivity index (χ1) is 16.8. The van der Waals surface area contributed by atoms with E-state index in [1.165, 1.54) is 46.9 Å². The number of nitrogens with zero attached hydrogens (tertiary/aromatic N) is 6. The molecule has 2 aromatic rings. The number of carbonyl (C=O) groups excluding carboxylic acids is 2. The van der Waals surface area contributed by atoms with E-state index >= 15 is 0 Å². The van der Waals surface area contributed by atoms with Gasteiger partial charge < -0.3 is 25.7 Å². The molecule has 1 saturated heterocycles. The Bertz CT molecular complexity index is 1210. The van der Waals surface area contributed by atoms with Crippen molar-refractivity contribution >= 4 is 75.0 Å². The third-order valence-corrected chi connectivity index (χ3v) is 8.67. The zero-order valence-electron chi connectivity index (χ0n) is 18.2. The number of oxime groups is 1. The second-order valence-electron chi connectivity index (χ2n) is 6.88. The third kappa shape index (κ3) is 5.25. The van der Waals surface area contributed by atoms with Gasteiger partial charge in [-0.1, -0.05) is 28.3 Å². The number of ether oxygens (including phenoxy) is 1. The summed E-state index contributed by atoms with van der Waals surface area (Å²) in [4.78, 5) is 47.5. The van der Waals surface area contributed by atoms with Crippen molar-refractivity contribution < 1.29 is 29.1 Å². The standard InChI is InChI=1S/C17H18N8O6S4/c1-30-3-7-21-22-17(34-7)33-5-6-4-32-14-9(13(27)25(14)10(6)15(28)29)19-12(26)8(23-31-2)11-20-16(18)35-24-11/h9,14H,3-5H2,1-2H3,(H,19,26)(H,28,29)(H2,18,20,24)/t9?,14-/m0/s1. The quantitative estimate of drug-likeness (QED) is 0.153. The normalized spacial score (nSPS) is 19.9. The molecule has 2 amide bonds.